The van der Waals surface area contributed by atoms with Crippen molar-refractivity contribution >= 4 is 28.3 Å². The molecule has 1 aromatic rings. The number of hydrogen-bond donors (Lipinski definition) is 0. The van der Waals surface area contributed by atoms with Crippen LogP contribution in [0.3, 0.4) is 0 Å². The zero-order valence-electron chi connectivity index (χ0n) is 6.88. The molecule has 1 rings (SSSR count). The van der Waals surface area contributed by atoms with Gasteiger partial charge in [0.1, 0.15) is 0 Å². The molecule has 0 aliphatic carbocycles. The van der Waals surface area contributed by atoms with Gasteiger partial charge >= 0.3 is 10.5 Å². The first-order valence-corrected chi connectivity index (χ1v) is 4.58. The van der Waals surface area contributed by atoms with Crippen molar-refractivity contribution in [2.75, 3.05) is 0 Å². The third kappa shape index (κ3) is 2.33. The third-order valence-corrected chi connectivity index (χ3v) is 1.80. The van der Waals surface area contributed by atoms with Gasteiger partial charge in [0.25, 0.3) is 0 Å². The van der Waals surface area contributed by atoms with Crippen molar-refractivity contribution in [3.63, 3.8) is 0 Å². The monoisotopic (exact) mass is 211 g/mol. The first-order valence-electron chi connectivity index (χ1n) is 3.55. The van der Waals surface area contributed by atoms with Gasteiger partial charge in [0, 0.05) is 0 Å². The Labute approximate surface area is 81.1 Å². The van der Waals surface area contributed by atoms with Gasteiger partial charge in [-0.15, -0.1) is 4.36 Å². The molecule has 1 aromatic carbocycles. The van der Waals surface area contributed by atoms with Crippen molar-refractivity contribution < 1.29 is 18.0 Å². The number of nitrogens with zero attached hydrogens (tertiary/aromatic N) is 1. The van der Waals surface area contributed by atoms with Gasteiger partial charge < -0.3 is 0 Å². The van der Waals surface area contributed by atoms with Crippen molar-refractivity contribution in [2.45, 2.75) is 0 Å². The Hall–Kier alpha value is -1.82. The molecule has 0 aromatic heterocycles. The summed E-state index contributed by atoms with van der Waals surface area (Å²) >= 11 is 0. The average Bonchev–Trinajstić information content (AvgIpc) is 2.16. The van der Waals surface area contributed by atoms with Crippen LogP contribution in [0.4, 0.5) is 5.69 Å². The van der Waals surface area contributed by atoms with E-state index in [1.165, 1.54) is 24.3 Å². The van der Waals surface area contributed by atoms with Crippen LogP contribution < -0.4 is 0 Å². The maximum Gasteiger partial charge on any atom is 0.316 e. The van der Waals surface area contributed by atoms with Crippen molar-refractivity contribution in [3.05, 3.63) is 29.8 Å². The summed E-state index contributed by atoms with van der Waals surface area (Å²) in [7, 11) is -2.64. The second kappa shape index (κ2) is 4.43. The SMILES string of the molecule is O=CC(=O)c1ccccc1N=S(=O)=O. The molecule has 0 saturated heterocycles. The second-order valence-electron chi connectivity index (χ2n) is 2.31. The molecule has 0 atom stereocenters. The highest BCUT2D eigenvalue weighted by Gasteiger charge is 2.08. The largest absolute Gasteiger partial charge is 0.316 e. The Balaban J connectivity index is 3.36. The van der Waals surface area contributed by atoms with Gasteiger partial charge in [-0.1, -0.05) is 12.1 Å². The summed E-state index contributed by atoms with van der Waals surface area (Å²) in [5.74, 6) is -0.796. The van der Waals surface area contributed by atoms with Gasteiger partial charge in [-0.05, 0) is 12.1 Å². The van der Waals surface area contributed by atoms with Crippen molar-refractivity contribution in [3.8, 4) is 0 Å². The first kappa shape index (κ1) is 10.3. The number of rotatable bonds is 3. The smallest absolute Gasteiger partial charge is 0.294 e. The Morgan fingerprint density at radius 1 is 1.29 bits per heavy atom. The van der Waals surface area contributed by atoms with Gasteiger partial charge in [0.05, 0.1) is 11.3 Å². The van der Waals surface area contributed by atoms with E-state index in [9.17, 15) is 18.0 Å². The van der Waals surface area contributed by atoms with E-state index in [4.69, 9.17) is 0 Å². The molecule has 14 heavy (non-hydrogen) atoms. The highest BCUT2D eigenvalue weighted by atomic mass is 32.2. The molecular formula is C8H5NO4S. The molecule has 0 N–H and O–H groups in total. The van der Waals surface area contributed by atoms with Crippen LogP contribution in [0.1, 0.15) is 10.4 Å². The molecular weight excluding hydrogens is 206 g/mol. The third-order valence-electron chi connectivity index (χ3n) is 1.45. The minimum Gasteiger partial charge on any atom is -0.294 e. The first-order chi connectivity index (χ1) is 6.65. The van der Waals surface area contributed by atoms with E-state index >= 15 is 0 Å². The lowest BCUT2D eigenvalue weighted by Gasteiger charge is -1.96. The maximum atomic E-state index is 11.0. The van der Waals surface area contributed by atoms with E-state index in [-0.39, 0.29) is 17.5 Å². The van der Waals surface area contributed by atoms with E-state index in [2.05, 4.69) is 4.36 Å². The van der Waals surface area contributed by atoms with Crippen LogP contribution in [0.5, 0.6) is 0 Å². The van der Waals surface area contributed by atoms with Crippen molar-refractivity contribution in [1.29, 1.82) is 0 Å². The number of hydrogen-bond acceptors (Lipinski definition) is 5. The molecule has 0 unspecified atom stereocenters. The van der Waals surface area contributed by atoms with E-state index in [1.54, 1.807) is 0 Å². The van der Waals surface area contributed by atoms with Gasteiger partial charge in [-0.25, -0.2) is 0 Å². The summed E-state index contributed by atoms with van der Waals surface area (Å²) in [6.45, 7) is 0. The molecule has 0 saturated carbocycles. The standard InChI is InChI=1S/C8H5NO4S/c10-5-8(11)6-3-1-2-4-7(6)9-14(12)13/h1-5H. The lowest BCUT2D eigenvalue weighted by molar-refractivity contribution is -0.104. The van der Waals surface area contributed by atoms with E-state index in [0.717, 1.165) is 0 Å². The number of ketones is 1. The highest BCUT2D eigenvalue weighted by molar-refractivity contribution is 7.61. The summed E-state index contributed by atoms with van der Waals surface area (Å²) < 4.78 is 23.7. The molecule has 0 amide bonds. The number of carbonyl (C=O) groups is 2. The molecule has 0 aliphatic heterocycles. The molecule has 6 heteroatoms. The number of benzene rings is 1. The predicted octanol–water partition coefficient (Wildman–Crippen LogP) is 0.762. The Kier molecular flexibility index (Phi) is 3.24. The summed E-state index contributed by atoms with van der Waals surface area (Å²) in [6, 6.07) is 5.71. The van der Waals surface area contributed by atoms with Crippen LogP contribution in [0.2, 0.25) is 0 Å². The van der Waals surface area contributed by atoms with Gasteiger partial charge in [-0.3, -0.25) is 9.59 Å². The fourth-order valence-electron chi connectivity index (χ4n) is 0.905. The molecule has 0 heterocycles. The van der Waals surface area contributed by atoms with E-state index in [1.807, 2.05) is 0 Å². The minimum atomic E-state index is -2.64. The average molecular weight is 211 g/mol. The number of carbonyl (C=O) groups excluding carboxylic acids is 2. The second-order valence-corrected chi connectivity index (χ2v) is 2.92. The summed E-state index contributed by atoms with van der Waals surface area (Å²) in [6.07, 6.45) is 0.113. The maximum absolute atomic E-state index is 11.0. The summed E-state index contributed by atoms with van der Waals surface area (Å²) in [5, 5.41) is 0. The normalized spacial score (nSPS) is 9.14. The zero-order chi connectivity index (χ0) is 10.6. The van der Waals surface area contributed by atoms with Crippen molar-refractivity contribution in [2.24, 2.45) is 4.36 Å². The fourth-order valence-corrected chi connectivity index (χ4v) is 1.23. The van der Waals surface area contributed by atoms with Crippen LogP contribution in [0.15, 0.2) is 28.6 Å². The van der Waals surface area contributed by atoms with Crippen LogP contribution >= 0.6 is 0 Å². The van der Waals surface area contributed by atoms with E-state index < -0.39 is 16.3 Å². The lowest BCUT2D eigenvalue weighted by atomic mass is 10.1. The zero-order valence-corrected chi connectivity index (χ0v) is 7.69. The Morgan fingerprint density at radius 3 is 2.50 bits per heavy atom. The highest BCUT2D eigenvalue weighted by Crippen LogP contribution is 2.18. The van der Waals surface area contributed by atoms with Crippen LogP contribution in [-0.2, 0) is 15.3 Å². The number of aldehydes is 1. The van der Waals surface area contributed by atoms with Crippen LogP contribution in [-0.4, -0.2) is 20.5 Å². The van der Waals surface area contributed by atoms with E-state index in [0.29, 0.717) is 0 Å². The molecule has 0 aliphatic rings. The molecule has 72 valence electrons. The molecule has 0 spiro atoms. The number of Topliss-reactive ketones (excluding diaryl/α,β-unsaturated/α-hetero) is 1. The molecule has 0 fully saturated rings. The predicted molar refractivity (Wildman–Crippen MR) is 47.8 cm³/mol. The van der Waals surface area contributed by atoms with Crippen molar-refractivity contribution in [1.82, 2.24) is 0 Å². The molecule has 0 bridgehead atoms. The molecule has 0 radical (unpaired) electrons. The lowest BCUT2D eigenvalue weighted by Crippen LogP contribution is -1.99. The van der Waals surface area contributed by atoms with Gasteiger partial charge in [0.15, 0.2) is 6.29 Å². The summed E-state index contributed by atoms with van der Waals surface area (Å²) in [4.78, 5) is 21.2. The fraction of sp³-hybridized carbons (Fsp3) is 0. The van der Waals surface area contributed by atoms with Crippen LogP contribution in [0, 0.1) is 0 Å². The Bertz CT molecular complexity index is 496. The van der Waals surface area contributed by atoms with Crippen LogP contribution in [0.25, 0.3) is 0 Å². The topological polar surface area (TPSA) is 80.6 Å². The quantitative estimate of drug-likeness (QED) is 0.420. The van der Waals surface area contributed by atoms with Gasteiger partial charge in [0.2, 0.25) is 5.78 Å². The van der Waals surface area contributed by atoms with Gasteiger partial charge in [-0.2, -0.15) is 8.42 Å². The summed E-state index contributed by atoms with van der Waals surface area (Å²) in [5.41, 5.74) is -0.0513. The Morgan fingerprint density at radius 2 is 1.93 bits per heavy atom. The molecule has 5 nitrogen and oxygen atoms in total. The minimum absolute atomic E-state index is 0.0216.